The summed E-state index contributed by atoms with van der Waals surface area (Å²) in [4.78, 5) is 19.4. The largest absolute Gasteiger partial charge is 0.484 e. The summed E-state index contributed by atoms with van der Waals surface area (Å²) in [5, 5.41) is 0.422. The first-order valence-corrected chi connectivity index (χ1v) is 6.79. The zero-order valence-electron chi connectivity index (χ0n) is 11.5. The summed E-state index contributed by atoms with van der Waals surface area (Å²) in [5.41, 5.74) is 6.21. The average Bonchev–Trinajstić information content (AvgIpc) is 2.53. The van der Waals surface area contributed by atoms with E-state index in [0.717, 1.165) is 6.42 Å². The number of nitrogens with zero attached hydrogens (tertiary/aromatic N) is 2. The highest BCUT2D eigenvalue weighted by atomic mass is 35.5. The molecule has 1 aromatic heterocycles. The summed E-state index contributed by atoms with van der Waals surface area (Å²) in [6, 6.07) is 7.60. The van der Waals surface area contributed by atoms with Crippen molar-refractivity contribution in [3.8, 4) is 5.75 Å². The molecule has 7 heteroatoms. The molecule has 0 aliphatic rings. The number of rotatable bonds is 6. The molecule has 0 aliphatic carbocycles. The molecule has 6 nitrogen and oxygen atoms in total. The number of carbonyl (C=O) groups is 1. The van der Waals surface area contributed by atoms with Crippen LogP contribution in [0.3, 0.4) is 0 Å². The van der Waals surface area contributed by atoms with Gasteiger partial charge in [0.2, 0.25) is 5.95 Å². The van der Waals surface area contributed by atoms with Gasteiger partial charge in [0.15, 0.2) is 6.61 Å². The number of hydrazine groups is 1. The topological polar surface area (TPSA) is 76.1 Å². The van der Waals surface area contributed by atoms with Crippen LogP contribution in [0.5, 0.6) is 5.75 Å². The van der Waals surface area contributed by atoms with Crippen LogP contribution in [0.1, 0.15) is 12.5 Å². The highest BCUT2D eigenvalue weighted by molar-refractivity contribution is 6.30. The molecule has 0 aliphatic heterocycles. The number of anilines is 1. The van der Waals surface area contributed by atoms with Crippen LogP contribution in [0.25, 0.3) is 0 Å². The zero-order chi connectivity index (χ0) is 15.1. The van der Waals surface area contributed by atoms with Crippen LogP contribution < -0.4 is 15.6 Å². The Bertz CT molecular complexity index is 587. The second kappa shape index (κ2) is 7.44. The molecule has 1 amide bonds. The Hall–Kier alpha value is -2.34. The highest BCUT2D eigenvalue weighted by Gasteiger charge is 2.03. The van der Waals surface area contributed by atoms with E-state index in [2.05, 4.69) is 27.7 Å². The fourth-order valence-corrected chi connectivity index (χ4v) is 1.61. The molecule has 21 heavy (non-hydrogen) atoms. The maximum atomic E-state index is 11.6. The second-order valence-electron chi connectivity index (χ2n) is 4.18. The molecular weight excluding hydrogens is 292 g/mol. The van der Waals surface area contributed by atoms with Gasteiger partial charge in [0.1, 0.15) is 5.75 Å². The lowest BCUT2D eigenvalue weighted by Crippen LogP contribution is -2.34. The maximum absolute atomic E-state index is 11.6. The number of hydrogen-bond donors (Lipinski definition) is 2. The first-order valence-electron chi connectivity index (χ1n) is 6.41. The average molecular weight is 307 g/mol. The number of aryl methyl sites for hydroxylation is 1. The van der Waals surface area contributed by atoms with Gasteiger partial charge in [-0.15, -0.1) is 0 Å². The third-order valence-electron chi connectivity index (χ3n) is 2.64. The van der Waals surface area contributed by atoms with Crippen molar-refractivity contribution < 1.29 is 9.53 Å². The van der Waals surface area contributed by atoms with Gasteiger partial charge in [-0.25, -0.2) is 9.97 Å². The SMILES string of the molecule is CCc1ccc(OCC(=O)NNc2ncc(Cl)cn2)cc1. The van der Waals surface area contributed by atoms with Gasteiger partial charge in [-0.05, 0) is 24.1 Å². The van der Waals surface area contributed by atoms with Gasteiger partial charge in [-0.2, -0.15) is 0 Å². The smallest absolute Gasteiger partial charge is 0.276 e. The van der Waals surface area contributed by atoms with Crippen LogP contribution in [-0.2, 0) is 11.2 Å². The van der Waals surface area contributed by atoms with Crippen molar-refractivity contribution in [2.24, 2.45) is 0 Å². The minimum Gasteiger partial charge on any atom is -0.484 e. The molecule has 2 aromatic rings. The van der Waals surface area contributed by atoms with Crippen molar-refractivity contribution >= 4 is 23.5 Å². The van der Waals surface area contributed by atoms with E-state index in [9.17, 15) is 4.79 Å². The van der Waals surface area contributed by atoms with E-state index < -0.39 is 0 Å². The van der Waals surface area contributed by atoms with Gasteiger partial charge < -0.3 is 4.74 Å². The molecule has 1 heterocycles. The summed E-state index contributed by atoms with van der Waals surface area (Å²) >= 11 is 5.65. The molecule has 2 N–H and O–H groups in total. The molecule has 0 bridgehead atoms. The Morgan fingerprint density at radius 3 is 2.52 bits per heavy atom. The summed E-state index contributed by atoms with van der Waals surface area (Å²) in [6.07, 6.45) is 3.81. The summed E-state index contributed by atoms with van der Waals surface area (Å²) in [7, 11) is 0. The number of amides is 1. The van der Waals surface area contributed by atoms with Gasteiger partial charge >= 0.3 is 0 Å². The number of ether oxygens (including phenoxy) is 1. The predicted molar refractivity (Wildman–Crippen MR) is 80.1 cm³/mol. The third-order valence-corrected chi connectivity index (χ3v) is 2.83. The molecule has 0 spiro atoms. The second-order valence-corrected chi connectivity index (χ2v) is 4.62. The standard InChI is InChI=1S/C14H15ClN4O2/c1-2-10-3-5-12(6-4-10)21-9-13(20)18-19-14-16-7-11(15)8-17-14/h3-8H,2,9H2,1H3,(H,18,20)(H,16,17,19). The van der Waals surface area contributed by atoms with Crippen LogP contribution >= 0.6 is 11.6 Å². The lowest BCUT2D eigenvalue weighted by Gasteiger charge is -2.08. The van der Waals surface area contributed by atoms with E-state index in [1.165, 1.54) is 18.0 Å². The minimum absolute atomic E-state index is 0.105. The summed E-state index contributed by atoms with van der Waals surface area (Å²) in [6.45, 7) is 1.97. The fourth-order valence-electron chi connectivity index (χ4n) is 1.51. The number of aromatic nitrogens is 2. The van der Waals surface area contributed by atoms with E-state index in [4.69, 9.17) is 16.3 Å². The van der Waals surface area contributed by atoms with E-state index in [0.29, 0.717) is 10.8 Å². The van der Waals surface area contributed by atoms with Crippen molar-refractivity contribution in [2.45, 2.75) is 13.3 Å². The molecule has 0 radical (unpaired) electrons. The first-order chi connectivity index (χ1) is 10.2. The monoisotopic (exact) mass is 306 g/mol. The Morgan fingerprint density at radius 1 is 1.24 bits per heavy atom. The Labute approximate surface area is 127 Å². The quantitative estimate of drug-likeness (QED) is 0.800. The van der Waals surface area contributed by atoms with E-state index in [1.807, 2.05) is 24.3 Å². The van der Waals surface area contributed by atoms with Crippen molar-refractivity contribution in [3.05, 3.63) is 47.2 Å². The lowest BCUT2D eigenvalue weighted by molar-refractivity contribution is -0.122. The van der Waals surface area contributed by atoms with Crippen LogP contribution in [0.2, 0.25) is 5.02 Å². The molecular formula is C14H15ClN4O2. The van der Waals surface area contributed by atoms with Crippen molar-refractivity contribution in [3.63, 3.8) is 0 Å². The van der Waals surface area contributed by atoms with Crippen molar-refractivity contribution in [2.75, 3.05) is 12.0 Å². The molecule has 0 fully saturated rings. The van der Waals surface area contributed by atoms with Gasteiger partial charge in [0, 0.05) is 0 Å². The molecule has 0 atom stereocenters. The van der Waals surface area contributed by atoms with Gasteiger partial charge in [-0.3, -0.25) is 15.6 Å². The molecule has 2 rings (SSSR count). The Morgan fingerprint density at radius 2 is 1.90 bits per heavy atom. The van der Waals surface area contributed by atoms with Gasteiger partial charge in [-0.1, -0.05) is 30.7 Å². The normalized spacial score (nSPS) is 10.0. The number of carbonyl (C=O) groups excluding carboxylic acids is 1. The van der Waals surface area contributed by atoms with Crippen molar-refractivity contribution in [1.82, 2.24) is 15.4 Å². The summed E-state index contributed by atoms with van der Waals surface area (Å²) in [5.74, 6) is 0.554. The lowest BCUT2D eigenvalue weighted by atomic mass is 10.2. The van der Waals surface area contributed by atoms with Gasteiger partial charge in [0.25, 0.3) is 5.91 Å². The molecule has 1 aromatic carbocycles. The predicted octanol–water partition coefficient (Wildman–Crippen LogP) is 2.21. The van der Waals surface area contributed by atoms with Crippen LogP contribution in [-0.4, -0.2) is 22.5 Å². The Balaban J connectivity index is 1.75. The Kier molecular flexibility index (Phi) is 5.34. The summed E-state index contributed by atoms with van der Waals surface area (Å²) < 4.78 is 5.36. The van der Waals surface area contributed by atoms with Crippen LogP contribution in [0.15, 0.2) is 36.7 Å². The van der Waals surface area contributed by atoms with Crippen LogP contribution in [0.4, 0.5) is 5.95 Å². The number of benzene rings is 1. The van der Waals surface area contributed by atoms with E-state index in [1.54, 1.807) is 0 Å². The molecule has 110 valence electrons. The number of halogens is 1. The highest BCUT2D eigenvalue weighted by Crippen LogP contribution is 2.12. The van der Waals surface area contributed by atoms with E-state index >= 15 is 0 Å². The number of nitrogens with one attached hydrogen (secondary N) is 2. The molecule has 0 saturated heterocycles. The zero-order valence-corrected chi connectivity index (χ0v) is 12.2. The fraction of sp³-hybridized carbons (Fsp3) is 0.214. The van der Waals surface area contributed by atoms with Gasteiger partial charge in [0.05, 0.1) is 17.4 Å². The van der Waals surface area contributed by atoms with Crippen LogP contribution in [0, 0.1) is 0 Å². The van der Waals surface area contributed by atoms with E-state index in [-0.39, 0.29) is 18.5 Å². The molecule has 0 unspecified atom stereocenters. The first kappa shape index (κ1) is 15.1. The maximum Gasteiger partial charge on any atom is 0.276 e. The number of hydrogen-bond acceptors (Lipinski definition) is 5. The molecule has 0 saturated carbocycles. The van der Waals surface area contributed by atoms with Crippen molar-refractivity contribution in [1.29, 1.82) is 0 Å². The minimum atomic E-state index is -0.340. The third kappa shape index (κ3) is 4.92.